The fourth-order valence-corrected chi connectivity index (χ4v) is 3.47. The van der Waals surface area contributed by atoms with Gasteiger partial charge < -0.3 is 10.6 Å². The van der Waals surface area contributed by atoms with Gasteiger partial charge in [-0.25, -0.2) is 4.98 Å². The first-order valence-corrected chi connectivity index (χ1v) is 9.96. The second-order valence-electron chi connectivity index (χ2n) is 6.81. The Morgan fingerprint density at radius 1 is 1.14 bits per heavy atom. The van der Waals surface area contributed by atoms with Crippen molar-refractivity contribution in [2.24, 2.45) is 4.99 Å². The van der Waals surface area contributed by atoms with Crippen molar-refractivity contribution in [3.8, 4) is 0 Å². The molecule has 152 valence electrons. The number of halogens is 2. The van der Waals surface area contributed by atoms with E-state index in [4.69, 9.17) is 11.6 Å². The average molecular weight is 514 g/mol. The van der Waals surface area contributed by atoms with Gasteiger partial charge in [-0.3, -0.25) is 9.89 Å². The lowest BCUT2D eigenvalue weighted by Crippen LogP contribution is -2.40. The van der Waals surface area contributed by atoms with Gasteiger partial charge in [0.1, 0.15) is 5.15 Å². The molecule has 0 atom stereocenters. The van der Waals surface area contributed by atoms with E-state index < -0.39 is 0 Å². The molecule has 1 aromatic carbocycles. The summed E-state index contributed by atoms with van der Waals surface area (Å²) in [5.74, 6) is 0.848. The van der Waals surface area contributed by atoms with E-state index >= 15 is 0 Å². The zero-order valence-corrected chi connectivity index (χ0v) is 19.4. The van der Waals surface area contributed by atoms with Crippen LogP contribution in [0.3, 0.4) is 0 Å². The van der Waals surface area contributed by atoms with Crippen molar-refractivity contribution in [3.05, 3.63) is 64.4 Å². The van der Waals surface area contributed by atoms with E-state index in [9.17, 15) is 0 Å². The van der Waals surface area contributed by atoms with Crippen LogP contribution >= 0.6 is 35.6 Å². The molecule has 2 aromatic rings. The molecule has 0 unspecified atom stereocenters. The summed E-state index contributed by atoms with van der Waals surface area (Å²) in [5.41, 5.74) is 4.14. The van der Waals surface area contributed by atoms with Crippen LogP contribution in [0.4, 0.5) is 0 Å². The predicted molar refractivity (Wildman–Crippen MR) is 128 cm³/mol. The molecular weight excluding hydrogens is 485 g/mol. The van der Waals surface area contributed by atoms with E-state index in [1.165, 1.54) is 11.1 Å². The van der Waals surface area contributed by atoms with E-state index in [0.717, 1.165) is 63.5 Å². The van der Waals surface area contributed by atoms with Crippen LogP contribution in [0.25, 0.3) is 0 Å². The third kappa shape index (κ3) is 7.22. The summed E-state index contributed by atoms with van der Waals surface area (Å²) in [6.07, 6.45) is 4.96. The maximum atomic E-state index is 5.81. The SMILES string of the molecule is CN=C(NCCCN1CCc2ccccc2C1)NCCc1ccc(Cl)nc1.I. The molecule has 1 aliphatic rings. The van der Waals surface area contributed by atoms with Gasteiger partial charge in [-0.2, -0.15) is 0 Å². The highest BCUT2D eigenvalue weighted by Gasteiger charge is 2.14. The van der Waals surface area contributed by atoms with Gasteiger partial charge in [-0.05, 0) is 42.0 Å². The topological polar surface area (TPSA) is 52.6 Å². The monoisotopic (exact) mass is 513 g/mol. The highest BCUT2D eigenvalue weighted by Crippen LogP contribution is 2.18. The fourth-order valence-electron chi connectivity index (χ4n) is 3.35. The quantitative estimate of drug-likeness (QED) is 0.196. The number of fused-ring (bicyclic) bond motifs is 1. The first-order chi connectivity index (χ1) is 13.2. The molecule has 0 saturated carbocycles. The Hall–Kier alpha value is -1.38. The first-order valence-electron chi connectivity index (χ1n) is 9.58. The first kappa shape index (κ1) is 22.9. The van der Waals surface area contributed by atoms with Crippen LogP contribution in [0.15, 0.2) is 47.6 Å². The van der Waals surface area contributed by atoms with Gasteiger partial charge in [-0.15, -0.1) is 24.0 Å². The zero-order chi connectivity index (χ0) is 18.9. The number of aliphatic imine (C=N–C) groups is 1. The lowest BCUT2D eigenvalue weighted by Gasteiger charge is -2.28. The van der Waals surface area contributed by atoms with E-state index in [-0.39, 0.29) is 24.0 Å². The molecule has 0 radical (unpaired) electrons. The summed E-state index contributed by atoms with van der Waals surface area (Å²) in [6, 6.07) is 12.6. The van der Waals surface area contributed by atoms with Crippen LogP contribution < -0.4 is 10.6 Å². The summed E-state index contributed by atoms with van der Waals surface area (Å²) in [6.45, 7) is 5.05. The van der Waals surface area contributed by atoms with Gasteiger partial charge in [0.25, 0.3) is 0 Å². The number of nitrogens with zero attached hydrogens (tertiary/aromatic N) is 3. The van der Waals surface area contributed by atoms with E-state index in [1.54, 1.807) is 7.05 Å². The smallest absolute Gasteiger partial charge is 0.190 e. The lowest BCUT2D eigenvalue weighted by atomic mass is 10.00. The van der Waals surface area contributed by atoms with Crippen molar-refractivity contribution < 1.29 is 0 Å². The molecule has 2 N–H and O–H groups in total. The molecule has 28 heavy (non-hydrogen) atoms. The number of guanidine groups is 1. The number of hydrogen-bond donors (Lipinski definition) is 2. The molecule has 2 heterocycles. The average Bonchev–Trinajstić information content (AvgIpc) is 2.71. The lowest BCUT2D eigenvalue weighted by molar-refractivity contribution is 0.251. The number of aromatic nitrogens is 1. The highest BCUT2D eigenvalue weighted by atomic mass is 127. The van der Waals surface area contributed by atoms with Crippen LogP contribution in [0.1, 0.15) is 23.1 Å². The Labute approximate surface area is 190 Å². The van der Waals surface area contributed by atoms with Gasteiger partial charge in [0.2, 0.25) is 0 Å². The molecular formula is C21H29ClIN5. The van der Waals surface area contributed by atoms with Crippen molar-refractivity contribution in [2.45, 2.75) is 25.8 Å². The Kier molecular flexibility index (Phi) is 10.0. The molecule has 0 bridgehead atoms. The minimum Gasteiger partial charge on any atom is -0.356 e. The molecule has 3 rings (SSSR count). The molecule has 0 spiro atoms. The van der Waals surface area contributed by atoms with Crippen molar-refractivity contribution in [1.29, 1.82) is 0 Å². The van der Waals surface area contributed by atoms with Crippen LogP contribution in [-0.4, -0.2) is 49.1 Å². The predicted octanol–water partition coefficient (Wildman–Crippen LogP) is 3.51. The summed E-state index contributed by atoms with van der Waals surface area (Å²) in [5, 5.41) is 7.28. The number of hydrogen-bond acceptors (Lipinski definition) is 3. The van der Waals surface area contributed by atoms with Gasteiger partial charge >= 0.3 is 0 Å². The fraction of sp³-hybridized carbons (Fsp3) is 0.429. The summed E-state index contributed by atoms with van der Waals surface area (Å²) in [7, 11) is 1.81. The number of pyridine rings is 1. The van der Waals surface area contributed by atoms with Crippen molar-refractivity contribution in [3.63, 3.8) is 0 Å². The van der Waals surface area contributed by atoms with Crippen molar-refractivity contribution >= 4 is 41.5 Å². The number of nitrogens with one attached hydrogen (secondary N) is 2. The summed E-state index contributed by atoms with van der Waals surface area (Å²) < 4.78 is 0. The standard InChI is InChI=1S/C21H28ClN5.HI/c1-23-21(25-12-9-17-7-8-20(22)26-15-17)24-11-4-13-27-14-10-18-5-2-3-6-19(18)16-27;/h2-3,5-8,15H,4,9-14,16H2,1H3,(H2,23,24,25);1H. The number of rotatable bonds is 7. The highest BCUT2D eigenvalue weighted by molar-refractivity contribution is 14.0. The van der Waals surface area contributed by atoms with E-state index in [0.29, 0.717) is 5.15 Å². The van der Waals surface area contributed by atoms with Gasteiger partial charge in [0, 0.05) is 46.0 Å². The van der Waals surface area contributed by atoms with E-state index in [1.807, 2.05) is 18.3 Å². The Morgan fingerprint density at radius 2 is 1.93 bits per heavy atom. The van der Waals surface area contributed by atoms with Crippen LogP contribution in [0, 0.1) is 0 Å². The zero-order valence-electron chi connectivity index (χ0n) is 16.3. The van der Waals surface area contributed by atoms with E-state index in [2.05, 4.69) is 49.8 Å². The number of benzene rings is 1. The van der Waals surface area contributed by atoms with Crippen molar-refractivity contribution in [2.75, 3.05) is 33.2 Å². The van der Waals surface area contributed by atoms with Gasteiger partial charge in [-0.1, -0.05) is 41.9 Å². The van der Waals surface area contributed by atoms with Crippen LogP contribution in [0.2, 0.25) is 5.15 Å². The third-order valence-electron chi connectivity index (χ3n) is 4.87. The molecule has 1 aromatic heterocycles. The van der Waals surface area contributed by atoms with Gasteiger partial charge in [0.05, 0.1) is 0 Å². The van der Waals surface area contributed by atoms with Crippen LogP contribution in [-0.2, 0) is 19.4 Å². The molecule has 0 aliphatic carbocycles. The normalized spacial score (nSPS) is 14.1. The van der Waals surface area contributed by atoms with Crippen LogP contribution in [0.5, 0.6) is 0 Å². The third-order valence-corrected chi connectivity index (χ3v) is 5.10. The molecule has 0 saturated heterocycles. The molecule has 0 amide bonds. The Bertz CT molecular complexity index is 751. The second-order valence-corrected chi connectivity index (χ2v) is 7.20. The summed E-state index contributed by atoms with van der Waals surface area (Å²) in [4.78, 5) is 10.9. The second kappa shape index (κ2) is 12.2. The van der Waals surface area contributed by atoms with Gasteiger partial charge in [0.15, 0.2) is 5.96 Å². The maximum absolute atomic E-state index is 5.81. The largest absolute Gasteiger partial charge is 0.356 e. The maximum Gasteiger partial charge on any atom is 0.190 e. The minimum absolute atomic E-state index is 0. The molecule has 5 nitrogen and oxygen atoms in total. The Morgan fingerprint density at radius 3 is 2.68 bits per heavy atom. The Balaban J connectivity index is 0.00000280. The minimum atomic E-state index is 0. The summed E-state index contributed by atoms with van der Waals surface area (Å²) >= 11 is 5.81. The molecule has 7 heteroatoms. The van der Waals surface area contributed by atoms with Crippen molar-refractivity contribution in [1.82, 2.24) is 20.5 Å². The molecule has 0 fully saturated rings. The molecule has 1 aliphatic heterocycles.